The lowest BCUT2D eigenvalue weighted by molar-refractivity contribution is -0.141. The van der Waals surface area contributed by atoms with E-state index in [9.17, 15) is 19.2 Å². The van der Waals surface area contributed by atoms with Crippen molar-refractivity contribution >= 4 is 48.0 Å². The summed E-state index contributed by atoms with van der Waals surface area (Å²) in [7, 11) is 0. The molecule has 5 N–H and O–H groups in total. The third-order valence-electron chi connectivity index (χ3n) is 2.81. The Labute approximate surface area is 150 Å². The number of ketones is 1. The quantitative estimate of drug-likeness (QED) is 0.301. The summed E-state index contributed by atoms with van der Waals surface area (Å²) >= 11 is 5.37. The molecule has 1 amide bonds. The van der Waals surface area contributed by atoms with E-state index in [-0.39, 0.29) is 36.6 Å². The molecule has 138 valence electrons. The van der Waals surface area contributed by atoms with Crippen molar-refractivity contribution in [2.24, 2.45) is 5.73 Å². The molecule has 0 rings (SSSR count). The van der Waals surface area contributed by atoms with Gasteiger partial charge in [0.05, 0.1) is 5.75 Å². The molecule has 0 heterocycles. The van der Waals surface area contributed by atoms with Crippen LogP contribution in [0.4, 0.5) is 0 Å². The monoisotopic (exact) mass is 380 g/mol. The molecule has 0 aromatic rings. The Hall–Kier alpha value is -1.26. The van der Waals surface area contributed by atoms with E-state index in [1.54, 1.807) is 13.8 Å². The second kappa shape index (κ2) is 10.6. The number of nitrogens with two attached hydrogens (primary N) is 1. The van der Waals surface area contributed by atoms with E-state index >= 15 is 0 Å². The first-order valence-corrected chi connectivity index (χ1v) is 8.85. The molecule has 0 saturated heterocycles. The van der Waals surface area contributed by atoms with Crippen LogP contribution in [0.15, 0.2) is 0 Å². The number of nitrogens with one attached hydrogen (secondary N) is 1. The largest absolute Gasteiger partial charge is 0.480 e. The highest BCUT2D eigenvalue weighted by Crippen LogP contribution is 2.18. The van der Waals surface area contributed by atoms with Crippen LogP contribution in [0.5, 0.6) is 0 Å². The maximum Gasteiger partial charge on any atom is 0.327 e. The zero-order valence-corrected chi connectivity index (χ0v) is 15.4. The lowest BCUT2D eigenvalue weighted by atomic mass is 10.1. The number of aliphatic carboxylic acids is 2. The Balaban J connectivity index is 4.27. The Kier molecular flexibility index (Phi) is 10.0. The number of hydrogen-bond acceptors (Lipinski definition) is 7. The van der Waals surface area contributed by atoms with Crippen molar-refractivity contribution in [2.75, 3.05) is 11.5 Å². The number of carboxylic acid groups (broad SMARTS) is 2. The van der Waals surface area contributed by atoms with E-state index in [1.807, 2.05) is 0 Å². The third-order valence-corrected chi connectivity index (χ3v) is 4.06. The molecule has 10 heteroatoms. The van der Waals surface area contributed by atoms with Gasteiger partial charge in [-0.3, -0.25) is 14.4 Å². The Bertz CT molecular complexity index is 478. The van der Waals surface area contributed by atoms with Crippen LogP contribution in [-0.4, -0.2) is 62.2 Å². The van der Waals surface area contributed by atoms with E-state index < -0.39 is 34.7 Å². The number of carboxylic acids is 2. The molecule has 0 fully saturated rings. The molecule has 0 aromatic heterocycles. The standard InChI is InChI=1S/C14H24N2O6S2/c1-14(2,23)5-8(17)6-24-7-10(13(21)22)16-11(18)4-3-9(15)12(19)20/h9-10,23H,3-7,15H2,1-2H3,(H,16,18)(H,19,20)(H,21,22)/t9-,10-/m0/s1. The molecule has 8 nitrogen and oxygen atoms in total. The number of rotatable bonds is 12. The summed E-state index contributed by atoms with van der Waals surface area (Å²) in [4.78, 5) is 45.1. The summed E-state index contributed by atoms with van der Waals surface area (Å²) in [6.45, 7) is 3.61. The molecular weight excluding hydrogens is 356 g/mol. The van der Waals surface area contributed by atoms with Crippen LogP contribution in [0, 0.1) is 0 Å². The average Bonchev–Trinajstić information content (AvgIpc) is 2.41. The smallest absolute Gasteiger partial charge is 0.327 e. The fourth-order valence-corrected chi connectivity index (χ4v) is 2.76. The van der Waals surface area contributed by atoms with Gasteiger partial charge in [-0.15, -0.1) is 0 Å². The van der Waals surface area contributed by atoms with Crippen LogP contribution in [0.1, 0.15) is 33.1 Å². The normalized spacial score (nSPS) is 13.8. The number of carbonyl (C=O) groups is 4. The highest BCUT2D eigenvalue weighted by Gasteiger charge is 2.22. The second-order valence-electron chi connectivity index (χ2n) is 5.98. The van der Waals surface area contributed by atoms with Crippen molar-refractivity contribution in [3.63, 3.8) is 0 Å². The number of thiol groups is 1. The zero-order chi connectivity index (χ0) is 18.9. The minimum absolute atomic E-state index is 0.0325. The molecule has 0 saturated carbocycles. The molecule has 2 atom stereocenters. The van der Waals surface area contributed by atoms with E-state index in [2.05, 4.69) is 17.9 Å². The lowest BCUT2D eigenvalue weighted by Gasteiger charge is -2.17. The second-order valence-corrected chi connectivity index (χ2v) is 8.23. The molecule has 0 aliphatic heterocycles. The fraction of sp³-hybridized carbons (Fsp3) is 0.714. The van der Waals surface area contributed by atoms with E-state index in [0.717, 1.165) is 11.8 Å². The van der Waals surface area contributed by atoms with Crippen LogP contribution < -0.4 is 11.1 Å². The van der Waals surface area contributed by atoms with Gasteiger partial charge >= 0.3 is 11.9 Å². The van der Waals surface area contributed by atoms with Crippen molar-refractivity contribution in [1.82, 2.24) is 5.32 Å². The molecular formula is C14H24N2O6S2. The van der Waals surface area contributed by atoms with Crippen LogP contribution in [-0.2, 0) is 19.2 Å². The number of thioether (sulfide) groups is 1. The topological polar surface area (TPSA) is 147 Å². The molecule has 0 aromatic carbocycles. The first kappa shape index (κ1) is 22.7. The van der Waals surface area contributed by atoms with Crippen LogP contribution in [0.3, 0.4) is 0 Å². The van der Waals surface area contributed by atoms with Crippen molar-refractivity contribution in [1.29, 1.82) is 0 Å². The first-order valence-electron chi connectivity index (χ1n) is 7.24. The van der Waals surface area contributed by atoms with Gasteiger partial charge in [0.15, 0.2) is 0 Å². The summed E-state index contributed by atoms with van der Waals surface area (Å²) in [6.07, 6.45) is -0.00880. The molecule has 0 unspecified atom stereocenters. The van der Waals surface area contributed by atoms with Crippen molar-refractivity contribution in [3.8, 4) is 0 Å². The molecule has 0 spiro atoms. The highest BCUT2D eigenvalue weighted by molar-refractivity contribution is 8.00. The summed E-state index contributed by atoms with van der Waals surface area (Å²) < 4.78 is -0.430. The third kappa shape index (κ3) is 11.3. The highest BCUT2D eigenvalue weighted by atomic mass is 32.2. The van der Waals surface area contributed by atoms with Gasteiger partial charge in [-0.1, -0.05) is 13.8 Å². The number of amides is 1. The predicted molar refractivity (Wildman–Crippen MR) is 94.4 cm³/mol. The van der Waals surface area contributed by atoms with Gasteiger partial charge in [-0.2, -0.15) is 24.4 Å². The van der Waals surface area contributed by atoms with Crippen LogP contribution in [0.25, 0.3) is 0 Å². The molecule has 24 heavy (non-hydrogen) atoms. The SMILES string of the molecule is CC(C)(S)CC(=O)CSC[C@H](NC(=O)CC[C@H](N)C(=O)O)C(=O)O. The Morgan fingerprint density at radius 3 is 2.25 bits per heavy atom. The molecule has 0 aliphatic rings. The maximum absolute atomic E-state index is 11.7. The van der Waals surface area contributed by atoms with Crippen molar-refractivity contribution in [3.05, 3.63) is 0 Å². The van der Waals surface area contributed by atoms with Gasteiger partial charge < -0.3 is 21.3 Å². The Morgan fingerprint density at radius 1 is 1.21 bits per heavy atom. The number of Topliss-reactive ketones (excluding diaryl/α,β-unsaturated/α-hetero) is 1. The summed E-state index contributed by atoms with van der Waals surface area (Å²) in [6, 6.07) is -2.32. The van der Waals surface area contributed by atoms with Gasteiger partial charge in [0.25, 0.3) is 0 Å². The number of carbonyl (C=O) groups excluding carboxylic acids is 2. The van der Waals surface area contributed by atoms with E-state index in [1.165, 1.54) is 0 Å². The summed E-state index contributed by atoms with van der Waals surface area (Å²) in [5, 5.41) is 20.0. The summed E-state index contributed by atoms with van der Waals surface area (Å²) in [5.41, 5.74) is 5.28. The molecule has 0 radical (unpaired) electrons. The van der Waals surface area contributed by atoms with E-state index in [4.69, 9.17) is 15.9 Å². The van der Waals surface area contributed by atoms with Crippen LogP contribution >= 0.6 is 24.4 Å². The minimum Gasteiger partial charge on any atom is -0.480 e. The van der Waals surface area contributed by atoms with Crippen molar-refractivity contribution in [2.45, 2.75) is 49.9 Å². The van der Waals surface area contributed by atoms with Gasteiger partial charge in [0.2, 0.25) is 5.91 Å². The Morgan fingerprint density at radius 2 is 1.79 bits per heavy atom. The van der Waals surface area contributed by atoms with E-state index in [0.29, 0.717) is 0 Å². The number of hydrogen-bond donors (Lipinski definition) is 5. The van der Waals surface area contributed by atoms with Gasteiger partial charge in [-0.25, -0.2) is 4.79 Å². The average molecular weight is 380 g/mol. The predicted octanol–water partition coefficient (Wildman–Crippen LogP) is 0.149. The molecule has 0 bridgehead atoms. The minimum atomic E-state index is -1.22. The van der Waals surface area contributed by atoms with Crippen LogP contribution in [0.2, 0.25) is 0 Å². The fourth-order valence-electron chi connectivity index (χ4n) is 1.68. The van der Waals surface area contributed by atoms with Gasteiger partial charge in [-0.05, 0) is 6.42 Å². The maximum atomic E-state index is 11.7. The van der Waals surface area contributed by atoms with Crippen molar-refractivity contribution < 1.29 is 29.4 Å². The summed E-state index contributed by atoms with van der Waals surface area (Å²) in [5.74, 6) is -2.93. The zero-order valence-electron chi connectivity index (χ0n) is 13.7. The van der Waals surface area contributed by atoms with Gasteiger partial charge in [0, 0.05) is 23.3 Å². The molecule has 0 aliphatic carbocycles. The lowest BCUT2D eigenvalue weighted by Crippen LogP contribution is -2.43. The van der Waals surface area contributed by atoms with Gasteiger partial charge in [0.1, 0.15) is 17.9 Å². The first-order chi connectivity index (χ1) is 10.9.